The number of rotatable bonds is 2. The summed E-state index contributed by atoms with van der Waals surface area (Å²) < 4.78 is 0. The number of carbonyl (C=O) groups is 1. The Balaban J connectivity index is 2.21. The zero-order valence-electron chi connectivity index (χ0n) is 10.0. The fraction of sp³-hybridized carbons (Fsp3) is 0.500. The van der Waals surface area contributed by atoms with Crippen LogP contribution < -0.4 is 4.90 Å². The van der Waals surface area contributed by atoms with Crippen LogP contribution in [0.1, 0.15) is 23.7 Å². The molecule has 0 amide bonds. The second kappa shape index (κ2) is 5.12. The molecule has 0 spiro atoms. The fourth-order valence-electron chi connectivity index (χ4n) is 2.11. The lowest BCUT2D eigenvalue weighted by atomic mass is 9.97. The van der Waals surface area contributed by atoms with Crippen LogP contribution >= 0.6 is 11.6 Å². The third-order valence-electron chi connectivity index (χ3n) is 3.23. The van der Waals surface area contributed by atoms with E-state index in [2.05, 4.69) is 4.98 Å². The number of aromatic carboxylic acids is 1. The Kier molecular flexibility index (Phi) is 3.73. The molecule has 1 aliphatic rings. The van der Waals surface area contributed by atoms with Crippen LogP contribution in [0.3, 0.4) is 0 Å². The minimum Gasteiger partial charge on any atom is -0.478 e. The average Bonchev–Trinajstić information content (AvgIpc) is 2.32. The molecular formula is C12H15ClN2O3. The van der Waals surface area contributed by atoms with E-state index in [0.29, 0.717) is 30.4 Å². The topological polar surface area (TPSA) is 73.7 Å². The van der Waals surface area contributed by atoms with E-state index in [-0.39, 0.29) is 17.6 Å². The second-order valence-corrected chi connectivity index (χ2v) is 5.02. The van der Waals surface area contributed by atoms with Crippen molar-refractivity contribution in [3.8, 4) is 0 Å². The summed E-state index contributed by atoms with van der Waals surface area (Å²) in [6, 6.07) is 1.40. The molecule has 2 heterocycles. The van der Waals surface area contributed by atoms with Crippen molar-refractivity contribution in [3.05, 3.63) is 22.8 Å². The second-order valence-electron chi connectivity index (χ2n) is 4.61. The summed E-state index contributed by atoms with van der Waals surface area (Å²) in [5.41, 5.74) is 0.0776. The first-order valence-corrected chi connectivity index (χ1v) is 6.18. The molecular weight excluding hydrogens is 256 g/mol. The van der Waals surface area contributed by atoms with Gasteiger partial charge in [0.25, 0.3) is 0 Å². The molecule has 98 valence electrons. The number of aromatic nitrogens is 1. The van der Waals surface area contributed by atoms with Gasteiger partial charge in [0.05, 0.1) is 16.7 Å². The van der Waals surface area contributed by atoms with Gasteiger partial charge in [-0.2, -0.15) is 0 Å². The molecule has 2 unspecified atom stereocenters. The molecule has 1 aliphatic heterocycles. The molecule has 1 aromatic rings. The molecule has 0 aliphatic carbocycles. The van der Waals surface area contributed by atoms with Crippen LogP contribution in [0.4, 0.5) is 5.82 Å². The first kappa shape index (κ1) is 13.1. The molecule has 1 saturated heterocycles. The Morgan fingerprint density at radius 2 is 2.33 bits per heavy atom. The third kappa shape index (κ3) is 2.57. The summed E-state index contributed by atoms with van der Waals surface area (Å²) in [7, 11) is 0. The van der Waals surface area contributed by atoms with Gasteiger partial charge in [-0.05, 0) is 18.4 Å². The normalized spacial score (nSPS) is 24.1. The maximum Gasteiger partial charge on any atom is 0.337 e. The molecule has 6 heteroatoms. The molecule has 0 saturated carbocycles. The van der Waals surface area contributed by atoms with Crippen molar-refractivity contribution in [2.75, 3.05) is 18.0 Å². The highest BCUT2D eigenvalue weighted by Gasteiger charge is 2.26. The van der Waals surface area contributed by atoms with Crippen molar-refractivity contribution in [1.29, 1.82) is 0 Å². The largest absolute Gasteiger partial charge is 0.478 e. The van der Waals surface area contributed by atoms with E-state index in [1.165, 1.54) is 12.3 Å². The summed E-state index contributed by atoms with van der Waals surface area (Å²) in [4.78, 5) is 16.9. The lowest BCUT2D eigenvalue weighted by Crippen LogP contribution is -2.42. The van der Waals surface area contributed by atoms with Crippen molar-refractivity contribution in [1.82, 2.24) is 4.98 Å². The van der Waals surface area contributed by atoms with Crippen molar-refractivity contribution >= 4 is 23.4 Å². The highest BCUT2D eigenvalue weighted by atomic mass is 35.5. The van der Waals surface area contributed by atoms with Gasteiger partial charge in [0, 0.05) is 19.3 Å². The van der Waals surface area contributed by atoms with E-state index >= 15 is 0 Å². The van der Waals surface area contributed by atoms with Crippen LogP contribution in [-0.2, 0) is 0 Å². The van der Waals surface area contributed by atoms with Crippen molar-refractivity contribution < 1.29 is 15.0 Å². The Bertz CT molecular complexity index is 467. The Morgan fingerprint density at radius 1 is 1.61 bits per heavy atom. The number of hydrogen-bond acceptors (Lipinski definition) is 4. The first-order chi connectivity index (χ1) is 8.49. The Morgan fingerprint density at radius 3 is 2.89 bits per heavy atom. The average molecular weight is 271 g/mol. The quantitative estimate of drug-likeness (QED) is 0.855. The van der Waals surface area contributed by atoms with Crippen LogP contribution in [0.25, 0.3) is 0 Å². The summed E-state index contributed by atoms with van der Waals surface area (Å²) in [5.74, 6) is -0.311. The maximum absolute atomic E-state index is 10.8. The molecule has 1 aromatic heterocycles. The van der Waals surface area contributed by atoms with Crippen molar-refractivity contribution in [3.63, 3.8) is 0 Å². The van der Waals surface area contributed by atoms with Gasteiger partial charge in [-0.1, -0.05) is 18.5 Å². The number of anilines is 1. The van der Waals surface area contributed by atoms with Gasteiger partial charge in [-0.3, -0.25) is 0 Å². The lowest BCUT2D eigenvalue weighted by Gasteiger charge is -2.35. The Hall–Kier alpha value is -1.33. The number of hydrogen-bond donors (Lipinski definition) is 2. The predicted molar refractivity (Wildman–Crippen MR) is 68.2 cm³/mol. The highest BCUT2D eigenvalue weighted by Crippen LogP contribution is 2.28. The fourth-order valence-corrected chi connectivity index (χ4v) is 2.39. The van der Waals surface area contributed by atoms with E-state index in [4.69, 9.17) is 16.7 Å². The number of aliphatic hydroxyl groups is 1. The van der Waals surface area contributed by atoms with Crippen molar-refractivity contribution in [2.45, 2.75) is 19.4 Å². The molecule has 0 bridgehead atoms. The summed E-state index contributed by atoms with van der Waals surface area (Å²) in [6.07, 6.45) is 1.68. The standard InChI is InChI=1S/C12H15ClN2O3/c1-7-6-15(3-2-10(7)16)11-9(13)4-8(5-14-11)12(17)18/h4-5,7,10,16H,2-3,6H2,1H3,(H,17,18). The van der Waals surface area contributed by atoms with Crippen LogP contribution in [0.2, 0.25) is 5.02 Å². The number of aliphatic hydroxyl groups excluding tert-OH is 1. The number of nitrogens with zero attached hydrogens (tertiary/aromatic N) is 2. The van der Waals surface area contributed by atoms with Crippen LogP contribution in [0.5, 0.6) is 0 Å². The van der Waals surface area contributed by atoms with Crippen LogP contribution in [0, 0.1) is 5.92 Å². The van der Waals surface area contributed by atoms with Gasteiger partial charge in [-0.25, -0.2) is 9.78 Å². The summed E-state index contributed by atoms with van der Waals surface area (Å²) in [6.45, 7) is 3.31. The molecule has 2 atom stereocenters. The number of carboxylic acid groups (broad SMARTS) is 1. The molecule has 0 radical (unpaired) electrons. The van der Waals surface area contributed by atoms with E-state index in [0.717, 1.165) is 0 Å². The van der Waals surface area contributed by atoms with Crippen LogP contribution in [0.15, 0.2) is 12.3 Å². The van der Waals surface area contributed by atoms with Gasteiger partial charge in [0.1, 0.15) is 5.82 Å². The third-order valence-corrected chi connectivity index (χ3v) is 3.51. The van der Waals surface area contributed by atoms with Gasteiger partial charge in [-0.15, -0.1) is 0 Å². The maximum atomic E-state index is 10.8. The smallest absolute Gasteiger partial charge is 0.337 e. The summed E-state index contributed by atoms with van der Waals surface area (Å²) in [5, 5.41) is 18.8. The molecule has 0 aromatic carbocycles. The molecule has 1 fully saturated rings. The number of carboxylic acids is 1. The lowest BCUT2D eigenvalue weighted by molar-refractivity contribution is 0.0696. The minimum atomic E-state index is -1.04. The first-order valence-electron chi connectivity index (χ1n) is 5.81. The number of piperidine rings is 1. The van der Waals surface area contributed by atoms with Crippen LogP contribution in [-0.4, -0.2) is 40.4 Å². The zero-order valence-corrected chi connectivity index (χ0v) is 10.8. The molecule has 18 heavy (non-hydrogen) atoms. The SMILES string of the molecule is CC1CN(c2ncc(C(=O)O)cc2Cl)CCC1O. The van der Waals surface area contributed by atoms with Gasteiger partial charge < -0.3 is 15.1 Å². The van der Waals surface area contributed by atoms with Gasteiger partial charge >= 0.3 is 5.97 Å². The molecule has 5 nitrogen and oxygen atoms in total. The highest BCUT2D eigenvalue weighted by molar-refractivity contribution is 6.33. The predicted octanol–water partition coefficient (Wildman–Crippen LogP) is 1.64. The zero-order chi connectivity index (χ0) is 13.3. The minimum absolute atomic E-state index is 0.0776. The van der Waals surface area contributed by atoms with E-state index in [1.807, 2.05) is 11.8 Å². The van der Waals surface area contributed by atoms with Gasteiger partial charge in [0.15, 0.2) is 0 Å². The Labute approximate surface area is 110 Å². The number of halogens is 1. The van der Waals surface area contributed by atoms with E-state index in [9.17, 15) is 9.90 Å². The van der Waals surface area contributed by atoms with E-state index in [1.54, 1.807) is 0 Å². The molecule has 2 N–H and O–H groups in total. The van der Waals surface area contributed by atoms with Crippen molar-refractivity contribution in [2.24, 2.45) is 5.92 Å². The molecule has 2 rings (SSSR count). The summed E-state index contributed by atoms with van der Waals surface area (Å²) >= 11 is 6.06. The van der Waals surface area contributed by atoms with E-state index < -0.39 is 5.97 Å². The number of pyridine rings is 1. The van der Waals surface area contributed by atoms with Gasteiger partial charge in [0.2, 0.25) is 0 Å². The monoisotopic (exact) mass is 270 g/mol.